The van der Waals surface area contributed by atoms with Gasteiger partial charge in [0.25, 0.3) is 5.91 Å². The van der Waals surface area contributed by atoms with E-state index >= 15 is 0 Å². The predicted molar refractivity (Wildman–Crippen MR) is 74.2 cm³/mol. The maximum absolute atomic E-state index is 12.0. The van der Waals surface area contributed by atoms with Crippen molar-refractivity contribution in [1.29, 1.82) is 0 Å². The number of nitrogens with one attached hydrogen (secondary N) is 2. The Morgan fingerprint density at radius 3 is 2.47 bits per heavy atom. The van der Waals surface area contributed by atoms with E-state index in [-0.39, 0.29) is 5.91 Å². The van der Waals surface area contributed by atoms with Crippen molar-refractivity contribution in [3.63, 3.8) is 0 Å². The van der Waals surface area contributed by atoms with E-state index in [9.17, 15) is 4.79 Å². The van der Waals surface area contributed by atoms with Gasteiger partial charge in [-0.15, -0.1) is 0 Å². The molecule has 0 unspecified atom stereocenters. The maximum Gasteiger partial charge on any atom is 0.275 e. The molecule has 0 spiro atoms. The normalized spacial score (nSPS) is 33.7. The van der Waals surface area contributed by atoms with Crippen LogP contribution in [0.4, 0.5) is 0 Å². The van der Waals surface area contributed by atoms with E-state index in [4.69, 9.17) is 5.73 Å². The van der Waals surface area contributed by atoms with Gasteiger partial charge in [-0.2, -0.15) is 0 Å². The number of rotatable bonds is 6. The lowest BCUT2D eigenvalue weighted by Crippen LogP contribution is -2.74. The smallest absolute Gasteiger partial charge is 0.275 e. The molecule has 1 amide bonds. The van der Waals surface area contributed by atoms with Gasteiger partial charge in [0.1, 0.15) is 39.3 Å². The summed E-state index contributed by atoms with van der Waals surface area (Å²) in [4.78, 5) is 14.9. The number of hydrogen-bond acceptors (Lipinski definition) is 1. The number of carbonyl (C=O) groups excluding carboxylic acids is 1. The zero-order valence-electron chi connectivity index (χ0n) is 12.0. The molecule has 0 aromatic heterocycles. The van der Waals surface area contributed by atoms with E-state index < -0.39 is 0 Å². The highest BCUT2D eigenvalue weighted by molar-refractivity contribution is 5.77. The third kappa shape index (κ3) is 3.67. The lowest BCUT2D eigenvalue weighted by Gasteiger charge is -2.53. The Kier molecular flexibility index (Phi) is 4.42. The molecule has 0 atom stereocenters. The van der Waals surface area contributed by atoms with Crippen LogP contribution in [0.3, 0.4) is 0 Å². The van der Waals surface area contributed by atoms with Gasteiger partial charge < -0.3 is 14.3 Å². The molecule has 4 N–H and O–H groups in total. The van der Waals surface area contributed by atoms with E-state index in [1.807, 2.05) is 0 Å². The second-order valence-corrected chi connectivity index (χ2v) is 6.29. The first-order valence-corrected chi connectivity index (χ1v) is 7.30. The molecule has 6 heteroatoms. The van der Waals surface area contributed by atoms with Gasteiger partial charge >= 0.3 is 0 Å². The van der Waals surface area contributed by atoms with Crippen molar-refractivity contribution < 1.29 is 18.8 Å². The molecule has 2 bridgehead atoms. The number of fused-ring (bicyclic) bond motifs is 3. The van der Waals surface area contributed by atoms with Crippen LogP contribution in [0.25, 0.3) is 0 Å². The number of hydrogen-bond donors (Lipinski definition) is 3. The van der Waals surface area contributed by atoms with Gasteiger partial charge in [-0.3, -0.25) is 15.5 Å². The minimum absolute atomic E-state index is 0.203. The van der Waals surface area contributed by atoms with Crippen LogP contribution in [-0.4, -0.2) is 87.2 Å². The van der Waals surface area contributed by atoms with Crippen molar-refractivity contribution in [2.24, 2.45) is 5.73 Å². The van der Waals surface area contributed by atoms with Crippen LogP contribution in [0, 0.1) is 0 Å². The van der Waals surface area contributed by atoms with Crippen molar-refractivity contribution in [2.45, 2.75) is 6.42 Å². The number of piperazine rings is 3. The molecular formula is C13H28N5O+3. The number of likely N-dealkylation sites (N-methyl/N-ethyl adjacent to an activating group) is 1. The number of quaternary nitrogens is 2. The second-order valence-electron chi connectivity index (χ2n) is 6.29. The van der Waals surface area contributed by atoms with Crippen LogP contribution in [0.2, 0.25) is 0 Å². The van der Waals surface area contributed by atoms with Crippen molar-refractivity contribution in [3.05, 3.63) is 0 Å². The number of nitrogens with two attached hydrogens (primary N) is 1. The quantitative estimate of drug-likeness (QED) is 0.206. The first kappa shape index (κ1) is 14.3. The van der Waals surface area contributed by atoms with Gasteiger partial charge in [0, 0.05) is 13.0 Å². The molecule has 19 heavy (non-hydrogen) atoms. The Balaban J connectivity index is 1.70. The number of amides is 1. The molecule has 3 aliphatic rings. The summed E-state index contributed by atoms with van der Waals surface area (Å²) in [6, 6.07) is 0. The Morgan fingerprint density at radius 1 is 1.26 bits per heavy atom. The summed E-state index contributed by atoms with van der Waals surface area (Å²) in [5.41, 5.74) is 5.22. The minimum atomic E-state index is 0.203. The summed E-state index contributed by atoms with van der Waals surface area (Å²) in [6.45, 7) is 9.36. The number of carbonyl (C=O) groups is 1. The summed E-state index contributed by atoms with van der Waals surface area (Å²) < 4.78 is 2.22. The molecule has 0 aromatic carbocycles. The zero-order chi connectivity index (χ0) is 13.8. The minimum Gasteiger partial charge on any atom is -0.351 e. The summed E-state index contributed by atoms with van der Waals surface area (Å²) in [5.74, 6) is 0.203. The molecule has 3 aliphatic heterocycles. The average Bonchev–Trinajstić information content (AvgIpc) is 2.40. The predicted octanol–water partition coefficient (Wildman–Crippen LogP) is -3.15. The fourth-order valence-electron chi connectivity index (χ4n) is 3.13. The third-order valence-electron chi connectivity index (χ3n) is 4.76. The van der Waals surface area contributed by atoms with E-state index in [2.05, 4.69) is 17.4 Å². The van der Waals surface area contributed by atoms with Gasteiger partial charge in [-0.1, -0.05) is 0 Å². The second kappa shape index (κ2) is 5.88. The Morgan fingerprint density at radius 2 is 1.89 bits per heavy atom. The molecular weight excluding hydrogens is 242 g/mol. The highest BCUT2D eigenvalue weighted by Crippen LogP contribution is 2.24. The molecule has 3 rings (SSSR count). The highest BCUT2D eigenvalue weighted by Gasteiger charge is 2.47. The topological polar surface area (TPSA) is 69.1 Å². The van der Waals surface area contributed by atoms with E-state index in [1.54, 1.807) is 0 Å². The lowest BCUT2D eigenvalue weighted by atomic mass is 10.1. The third-order valence-corrected chi connectivity index (χ3v) is 4.76. The van der Waals surface area contributed by atoms with Gasteiger partial charge in [0.2, 0.25) is 6.34 Å². The number of nitrogens with zero attached hydrogens (tertiary/aromatic N) is 2. The van der Waals surface area contributed by atoms with E-state index in [0.29, 0.717) is 6.54 Å². The summed E-state index contributed by atoms with van der Waals surface area (Å²) in [5, 5.41) is 3.02. The molecule has 0 radical (unpaired) electrons. The molecule has 3 heterocycles. The maximum atomic E-state index is 12.0. The van der Waals surface area contributed by atoms with Crippen molar-refractivity contribution >= 4 is 12.2 Å². The summed E-state index contributed by atoms with van der Waals surface area (Å²) >= 11 is 0. The van der Waals surface area contributed by atoms with Crippen molar-refractivity contribution in [1.82, 2.24) is 5.32 Å². The first-order valence-electron chi connectivity index (χ1n) is 7.30. The Hall–Kier alpha value is -1.14. The first-order chi connectivity index (χ1) is 9.08. The van der Waals surface area contributed by atoms with Crippen LogP contribution < -0.4 is 16.0 Å². The summed E-state index contributed by atoms with van der Waals surface area (Å²) in [7, 11) is 2.34. The van der Waals surface area contributed by atoms with Crippen LogP contribution in [0.1, 0.15) is 6.42 Å². The van der Waals surface area contributed by atoms with Crippen LogP contribution in [-0.2, 0) is 4.79 Å². The molecule has 3 saturated heterocycles. The van der Waals surface area contributed by atoms with Crippen LogP contribution in [0.15, 0.2) is 0 Å². The monoisotopic (exact) mass is 270 g/mol. The highest BCUT2D eigenvalue weighted by atomic mass is 16.2. The van der Waals surface area contributed by atoms with E-state index in [0.717, 1.165) is 43.6 Å². The van der Waals surface area contributed by atoms with Gasteiger partial charge in [-0.25, -0.2) is 0 Å². The lowest BCUT2D eigenvalue weighted by molar-refractivity contribution is -1.07. The standard InChI is InChI=1S/C13H26N5O/c1-17-5-8-18(9-6-17,10-7-17)11-13(19)16-4-2-3-15-12-14/h12H,2-11H2,1H3,(H2-,14,15,16,19)/q+1/p+2. The molecule has 0 aliphatic carbocycles. The molecule has 0 saturated carbocycles. The Labute approximate surface area is 115 Å². The van der Waals surface area contributed by atoms with Crippen LogP contribution in [0.5, 0.6) is 0 Å². The Bertz CT molecular complexity index is 330. The molecule has 0 aromatic rings. The van der Waals surface area contributed by atoms with Gasteiger partial charge in [0.05, 0.1) is 13.6 Å². The largest absolute Gasteiger partial charge is 0.351 e. The van der Waals surface area contributed by atoms with Crippen LogP contribution >= 0.6 is 0 Å². The fraction of sp³-hybridized carbons (Fsp3) is 0.846. The van der Waals surface area contributed by atoms with E-state index in [1.165, 1.54) is 30.5 Å². The van der Waals surface area contributed by atoms with Crippen molar-refractivity contribution in [3.8, 4) is 0 Å². The average molecular weight is 270 g/mol. The van der Waals surface area contributed by atoms with Gasteiger partial charge in [-0.05, 0) is 0 Å². The molecule has 108 valence electrons. The van der Waals surface area contributed by atoms with Gasteiger partial charge in [0.15, 0.2) is 6.54 Å². The SMILES string of the molecule is C[N+]12CC[N+](CC(=O)NCCC[NH+]=CN)(CC1)CC2. The summed E-state index contributed by atoms with van der Waals surface area (Å²) in [6.07, 6.45) is 2.35. The fourth-order valence-corrected chi connectivity index (χ4v) is 3.13. The molecule has 6 nitrogen and oxygen atoms in total. The van der Waals surface area contributed by atoms with Crippen molar-refractivity contribution in [2.75, 3.05) is 66.0 Å². The zero-order valence-corrected chi connectivity index (χ0v) is 12.0. The molecule has 3 fully saturated rings.